The van der Waals surface area contributed by atoms with Crippen molar-refractivity contribution in [2.24, 2.45) is 0 Å². The second kappa shape index (κ2) is 6.46. The molecular weight excluding hydrogens is 354 g/mol. The molecule has 1 N–H and O–H groups in total. The van der Waals surface area contributed by atoms with Crippen LogP contribution in [0.2, 0.25) is 0 Å². The molecule has 2 aliphatic rings. The Morgan fingerprint density at radius 2 is 1.92 bits per heavy atom. The zero-order chi connectivity index (χ0) is 18.2. The van der Waals surface area contributed by atoms with Gasteiger partial charge in [-0.25, -0.2) is 4.98 Å². The van der Waals surface area contributed by atoms with E-state index in [0.29, 0.717) is 31.5 Å². The summed E-state index contributed by atoms with van der Waals surface area (Å²) < 4.78 is 33.4. The summed E-state index contributed by atoms with van der Waals surface area (Å²) in [5, 5.41) is 0. The van der Waals surface area contributed by atoms with Crippen molar-refractivity contribution in [3.63, 3.8) is 0 Å². The number of piperidine rings is 1. The zero-order valence-corrected chi connectivity index (χ0v) is 14.9. The summed E-state index contributed by atoms with van der Waals surface area (Å²) in [7, 11) is -3.64. The molecule has 4 rings (SSSR count). The number of amides is 1. The van der Waals surface area contributed by atoms with Crippen molar-refractivity contribution in [1.82, 2.24) is 14.6 Å². The van der Waals surface area contributed by atoms with E-state index in [1.807, 2.05) is 18.2 Å². The Hall–Kier alpha value is -2.29. The quantitative estimate of drug-likeness (QED) is 0.767. The molecule has 1 aromatic carbocycles. The van der Waals surface area contributed by atoms with E-state index >= 15 is 0 Å². The topological polar surface area (TPSA) is 94.6 Å². The Balaban J connectivity index is 1.52. The van der Waals surface area contributed by atoms with Gasteiger partial charge in [0.1, 0.15) is 5.60 Å². The zero-order valence-electron chi connectivity index (χ0n) is 14.1. The van der Waals surface area contributed by atoms with Crippen LogP contribution in [0.15, 0.2) is 53.6 Å². The predicted molar refractivity (Wildman–Crippen MR) is 94.3 cm³/mol. The second-order valence-electron chi connectivity index (χ2n) is 6.57. The molecule has 1 spiro atoms. The first-order valence-corrected chi connectivity index (χ1v) is 9.96. The molecule has 0 bridgehead atoms. The fourth-order valence-electron chi connectivity index (χ4n) is 3.36. The first kappa shape index (κ1) is 17.1. The number of benzene rings is 1. The van der Waals surface area contributed by atoms with Crippen LogP contribution in [0.4, 0.5) is 0 Å². The molecular formula is C18H19N3O4S. The molecule has 0 saturated carbocycles. The molecule has 3 heterocycles. The summed E-state index contributed by atoms with van der Waals surface area (Å²) in [6.45, 7) is 1.16. The highest BCUT2D eigenvalue weighted by Gasteiger charge is 2.45. The number of nitrogens with one attached hydrogen (secondary N) is 1. The largest absolute Gasteiger partial charge is 0.593 e. The number of nitrogens with zero attached hydrogens (tertiary/aromatic N) is 2. The van der Waals surface area contributed by atoms with Crippen molar-refractivity contribution >= 4 is 16.3 Å². The number of hydrogen-bond acceptors (Lipinski definition) is 5. The smallest absolute Gasteiger partial charge is 0.272 e. The summed E-state index contributed by atoms with van der Waals surface area (Å²) >= 11 is 0. The van der Waals surface area contributed by atoms with Gasteiger partial charge in [-0.2, -0.15) is 0 Å². The van der Waals surface area contributed by atoms with Crippen LogP contribution in [-0.4, -0.2) is 45.6 Å². The maximum atomic E-state index is 12.6. The number of ether oxygens (including phenoxy) is 1. The van der Waals surface area contributed by atoms with E-state index in [4.69, 9.17) is 4.74 Å². The van der Waals surface area contributed by atoms with Crippen molar-refractivity contribution in [1.29, 1.82) is 0 Å². The molecule has 1 aromatic heterocycles. The third kappa shape index (κ3) is 3.11. The lowest BCUT2D eigenvalue weighted by Crippen LogP contribution is -2.54. The fraction of sp³-hybridized carbons (Fsp3) is 0.333. The van der Waals surface area contributed by atoms with Gasteiger partial charge in [-0.1, -0.05) is 22.4 Å². The minimum Gasteiger partial charge on any atom is -0.593 e. The highest BCUT2D eigenvalue weighted by molar-refractivity contribution is 7.95. The molecule has 26 heavy (non-hydrogen) atoms. The highest BCUT2D eigenvalue weighted by atomic mass is 32.3. The van der Waals surface area contributed by atoms with E-state index in [0.717, 1.165) is 0 Å². The molecule has 1 saturated heterocycles. The number of carbonyl (C=O) groups excluding carboxylic acids is 1. The maximum absolute atomic E-state index is 12.6. The van der Waals surface area contributed by atoms with Crippen LogP contribution in [0.25, 0.3) is 0 Å². The van der Waals surface area contributed by atoms with E-state index < -0.39 is 16.0 Å². The van der Waals surface area contributed by atoms with Crippen molar-refractivity contribution in [2.75, 3.05) is 19.6 Å². The lowest BCUT2D eigenvalue weighted by molar-refractivity contribution is 0.00452. The lowest BCUT2D eigenvalue weighted by Gasteiger charge is -2.40. The molecule has 2 aliphatic heterocycles. The van der Waals surface area contributed by atoms with Crippen LogP contribution in [-0.2, 0) is 14.6 Å². The fourth-order valence-corrected chi connectivity index (χ4v) is 4.55. The average molecular weight is 373 g/mol. The van der Waals surface area contributed by atoms with Crippen LogP contribution in [0.3, 0.4) is 0 Å². The van der Waals surface area contributed by atoms with Gasteiger partial charge in [-0.15, -0.1) is 4.72 Å². The molecule has 1 amide bonds. The van der Waals surface area contributed by atoms with Crippen molar-refractivity contribution in [3.8, 4) is 5.88 Å². The predicted octanol–water partition coefficient (Wildman–Crippen LogP) is 1.64. The Morgan fingerprint density at radius 3 is 2.65 bits per heavy atom. The SMILES string of the molecule is O=C(c1ccccc1)N1CCC2(CC1)CN[S+](=O)([O-])c1cccnc1O2. The number of aromatic nitrogens is 1. The third-order valence-electron chi connectivity index (χ3n) is 4.91. The lowest BCUT2D eigenvalue weighted by atomic mass is 9.90. The van der Waals surface area contributed by atoms with Crippen molar-refractivity contribution < 1.29 is 18.3 Å². The third-order valence-corrected chi connectivity index (χ3v) is 6.32. The van der Waals surface area contributed by atoms with Crippen LogP contribution < -0.4 is 9.46 Å². The number of likely N-dealkylation sites (tertiary alicyclic amines) is 1. The molecule has 1 fully saturated rings. The van der Waals surface area contributed by atoms with Gasteiger partial charge < -0.3 is 14.2 Å². The first-order chi connectivity index (χ1) is 12.5. The summed E-state index contributed by atoms with van der Waals surface area (Å²) in [6, 6.07) is 12.2. The molecule has 7 nitrogen and oxygen atoms in total. The minimum absolute atomic E-state index is 0.0202. The van der Waals surface area contributed by atoms with Gasteiger partial charge >= 0.3 is 0 Å². The van der Waals surface area contributed by atoms with E-state index in [1.165, 1.54) is 12.3 Å². The van der Waals surface area contributed by atoms with Gasteiger partial charge in [0.25, 0.3) is 11.8 Å². The first-order valence-electron chi connectivity index (χ1n) is 8.47. The van der Waals surface area contributed by atoms with Crippen LogP contribution in [0.1, 0.15) is 23.2 Å². The number of pyridine rings is 1. The van der Waals surface area contributed by atoms with E-state index in [1.54, 1.807) is 23.1 Å². The molecule has 0 radical (unpaired) electrons. The Morgan fingerprint density at radius 1 is 1.19 bits per heavy atom. The van der Waals surface area contributed by atoms with E-state index in [9.17, 15) is 13.6 Å². The van der Waals surface area contributed by atoms with Gasteiger partial charge in [-0.05, 0) is 18.2 Å². The monoisotopic (exact) mass is 373 g/mol. The second-order valence-corrected chi connectivity index (χ2v) is 8.31. The number of rotatable bonds is 1. The van der Waals surface area contributed by atoms with Crippen LogP contribution in [0, 0.1) is 0 Å². The van der Waals surface area contributed by atoms with Gasteiger partial charge in [0.2, 0.25) is 4.90 Å². The van der Waals surface area contributed by atoms with Gasteiger partial charge in [0.05, 0.1) is 6.54 Å². The van der Waals surface area contributed by atoms with Crippen molar-refractivity contribution in [2.45, 2.75) is 23.3 Å². The number of fused-ring (bicyclic) bond motifs is 1. The molecule has 0 aliphatic carbocycles. The Kier molecular flexibility index (Phi) is 4.26. The molecule has 1 atom stereocenters. The number of carbonyl (C=O) groups is 1. The summed E-state index contributed by atoms with van der Waals surface area (Å²) in [5.41, 5.74) is -0.0434. The Labute approximate surface area is 152 Å². The van der Waals surface area contributed by atoms with Crippen molar-refractivity contribution in [3.05, 3.63) is 54.2 Å². The van der Waals surface area contributed by atoms with Crippen LogP contribution >= 0.6 is 0 Å². The number of sulfonamides is 1. The summed E-state index contributed by atoms with van der Waals surface area (Å²) in [5.74, 6) is 0.105. The van der Waals surface area contributed by atoms with Crippen LogP contribution in [0.5, 0.6) is 5.88 Å². The maximum Gasteiger partial charge on any atom is 0.272 e. The average Bonchev–Trinajstić information content (AvgIpc) is 2.78. The van der Waals surface area contributed by atoms with Gasteiger partial charge in [0.15, 0.2) is 10.4 Å². The van der Waals surface area contributed by atoms with E-state index in [-0.39, 0.29) is 23.2 Å². The van der Waals surface area contributed by atoms with Gasteiger partial charge in [-0.3, -0.25) is 4.79 Å². The van der Waals surface area contributed by atoms with E-state index in [2.05, 4.69) is 9.71 Å². The summed E-state index contributed by atoms with van der Waals surface area (Å²) in [4.78, 5) is 18.5. The minimum atomic E-state index is -3.64. The standard InChI is InChI=1S/C18H19N3O4S/c22-17(14-5-2-1-3-6-14)21-11-8-18(9-12-21)13-20-26(23,24)15-7-4-10-19-16(15)25-18/h1-7,10H,8-9,11-13H2,(H-,20,23,24). The highest BCUT2D eigenvalue weighted by Crippen LogP contribution is 2.35. The molecule has 2 aromatic rings. The summed E-state index contributed by atoms with van der Waals surface area (Å²) in [6.07, 6.45) is 2.58. The Bertz CT molecular complexity index is 866. The van der Waals surface area contributed by atoms with Gasteiger partial charge in [0, 0.05) is 43.8 Å². The molecule has 1 unspecified atom stereocenters. The molecule has 8 heteroatoms. The molecule has 136 valence electrons. The normalized spacial score (nSPS) is 24.4. The number of hydrogen-bond donors (Lipinski definition) is 1.